The number of hydrogen-bond acceptors (Lipinski definition) is 2. The van der Waals surface area contributed by atoms with Crippen LogP contribution in [0.2, 0.25) is 0 Å². The molecule has 0 saturated heterocycles. The number of carbonyl (C=O) groups excluding carboxylic acids is 1. The van der Waals surface area contributed by atoms with Crippen LogP contribution in [0.15, 0.2) is 24.4 Å². The number of hydrogen-bond donors (Lipinski definition) is 1. The number of carbonyl (C=O) groups is 1. The van der Waals surface area contributed by atoms with Crippen LogP contribution in [0.25, 0.3) is 0 Å². The van der Waals surface area contributed by atoms with Crippen molar-refractivity contribution in [2.45, 2.75) is 46.1 Å². The fraction of sp³-hybridized carbons (Fsp3) is 0.625. The molecule has 4 nitrogen and oxygen atoms in total. The molecule has 1 aromatic rings. The van der Waals surface area contributed by atoms with Gasteiger partial charge in [-0.1, -0.05) is 20.8 Å². The molecule has 0 unspecified atom stereocenters. The highest BCUT2D eigenvalue weighted by Gasteiger charge is 2.61. The predicted octanol–water partition coefficient (Wildman–Crippen LogP) is 2.26. The smallest absolute Gasteiger partial charge is 0.317 e. The van der Waals surface area contributed by atoms with Crippen molar-refractivity contribution in [3.8, 4) is 0 Å². The highest BCUT2D eigenvalue weighted by Crippen LogP contribution is 2.65. The minimum absolute atomic E-state index is 0.135. The Hall–Kier alpha value is -1.58. The standard InChI is InChI=1S/C16H22N2O2/c1-15(2)11-7-8-16(15,3)13(10-11)17-14(19)12-6-4-5-9-18(12)20/h4-6,9,11,13H,7-8,10H2,1-3H3,(H,17,19)/t11-,13+,16-/m0/s1. The summed E-state index contributed by atoms with van der Waals surface area (Å²) in [6.07, 6.45) is 4.80. The summed E-state index contributed by atoms with van der Waals surface area (Å²) in [5.74, 6) is 0.420. The fourth-order valence-corrected chi connectivity index (χ4v) is 4.26. The Labute approximate surface area is 119 Å². The van der Waals surface area contributed by atoms with E-state index in [-0.39, 0.29) is 28.5 Å². The van der Waals surface area contributed by atoms with Crippen molar-refractivity contribution in [1.29, 1.82) is 0 Å². The molecule has 2 bridgehead atoms. The molecule has 2 fully saturated rings. The van der Waals surface area contributed by atoms with E-state index in [1.165, 1.54) is 12.6 Å². The van der Waals surface area contributed by atoms with Crippen molar-refractivity contribution >= 4 is 5.91 Å². The number of nitrogens with one attached hydrogen (secondary N) is 1. The van der Waals surface area contributed by atoms with Gasteiger partial charge in [-0.25, -0.2) is 0 Å². The zero-order valence-corrected chi connectivity index (χ0v) is 12.3. The second-order valence-corrected chi connectivity index (χ2v) is 7.05. The van der Waals surface area contributed by atoms with Crippen LogP contribution in [0, 0.1) is 22.0 Å². The van der Waals surface area contributed by atoms with Crippen LogP contribution in [0.4, 0.5) is 0 Å². The quantitative estimate of drug-likeness (QED) is 0.664. The zero-order chi connectivity index (χ0) is 14.5. The van der Waals surface area contributed by atoms with Gasteiger partial charge < -0.3 is 10.5 Å². The van der Waals surface area contributed by atoms with Crippen molar-refractivity contribution in [1.82, 2.24) is 5.32 Å². The average molecular weight is 274 g/mol. The van der Waals surface area contributed by atoms with Gasteiger partial charge in [0, 0.05) is 18.2 Å². The molecule has 1 aromatic heterocycles. The van der Waals surface area contributed by atoms with Crippen LogP contribution in [0.3, 0.4) is 0 Å². The lowest BCUT2D eigenvalue weighted by Crippen LogP contribution is -2.49. The lowest BCUT2D eigenvalue weighted by Gasteiger charge is -2.39. The van der Waals surface area contributed by atoms with E-state index >= 15 is 0 Å². The van der Waals surface area contributed by atoms with Gasteiger partial charge in [0.1, 0.15) is 0 Å². The van der Waals surface area contributed by atoms with Gasteiger partial charge in [-0.05, 0) is 42.1 Å². The molecule has 0 aliphatic heterocycles. The van der Waals surface area contributed by atoms with Crippen LogP contribution in [-0.4, -0.2) is 11.9 Å². The Morgan fingerprint density at radius 1 is 1.40 bits per heavy atom. The summed E-state index contributed by atoms with van der Waals surface area (Å²) in [4.78, 5) is 12.3. The average Bonchev–Trinajstić information content (AvgIpc) is 2.72. The van der Waals surface area contributed by atoms with Gasteiger partial charge in [0.25, 0.3) is 5.69 Å². The number of fused-ring (bicyclic) bond motifs is 2. The third kappa shape index (κ3) is 1.67. The molecule has 0 aromatic carbocycles. The van der Waals surface area contributed by atoms with E-state index in [0.29, 0.717) is 10.6 Å². The molecular weight excluding hydrogens is 252 g/mol. The van der Waals surface area contributed by atoms with Gasteiger partial charge in [0.2, 0.25) is 0 Å². The van der Waals surface area contributed by atoms with Gasteiger partial charge in [0.15, 0.2) is 6.20 Å². The Bertz CT molecular complexity index is 555. The van der Waals surface area contributed by atoms with E-state index in [4.69, 9.17) is 0 Å². The van der Waals surface area contributed by atoms with Gasteiger partial charge >= 0.3 is 5.91 Å². The van der Waals surface area contributed by atoms with Crippen molar-refractivity contribution in [2.75, 3.05) is 0 Å². The van der Waals surface area contributed by atoms with Crippen LogP contribution in [0.5, 0.6) is 0 Å². The first-order chi connectivity index (χ1) is 9.36. The molecule has 1 heterocycles. The van der Waals surface area contributed by atoms with Crippen LogP contribution in [0.1, 0.15) is 50.5 Å². The molecule has 3 rings (SSSR count). The molecule has 20 heavy (non-hydrogen) atoms. The maximum atomic E-state index is 12.3. The van der Waals surface area contributed by atoms with E-state index in [2.05, 4.69) is 26.1 Å². The summed E-state index contributed by atoms with van der Waals surface area (Å²) < 4.78 is 0.635. The highest BCUT2D eigenvalue weighted by molar-refractivity contribution is 5.91. The summed E-state index contributed by atoms with van der Waals surface area (Å²) in [5.41, 5.74) is 0.571. The van der Waals surface area contributed by atoms with Crippen LogP contribution < -0.4 is 10.0 Å². The first kappa shape index (κ1) is 13.4. The Kier molecular flexibility index (Phi) is 2.82. The molecule has 2 aliphatic rings. The van der Waals surface area contributed by atoms with Crippen molar-refractivity contribution in [3.05, 3.63) is 35.3 Å². The monoisotopic (exact) mass is 274 g/mol. The molecule has 3 atom stereocenters. The van der Waals surface area contributed by atoms with Gasteiger partial charge in [-0.3, -0.25) is 4.79 Å². The first-order valence-electron chi connectivity index (χ1n) is 7.35. The second-order valence-electron chi connectivity index (χ2n) is 7.05. The van der Waals surface area contributed by atoms with Gasteiger partial charge in [-0.2, -0.15) is 4.73 Å². The lowest BCUT2D eigenvalue weighted by atomic mass is 9.69. The number of rotatable bonds is 2. The van der Waals surface area contributed by atoms with Crippen molar-refractivity contribution < 1.29 is 9.52 Å². The topological polar surface area (TPSA) is 56.0 Å². The van der Waals surface area contributed by atoms with E-state index in [1.807, 2.05) is 0 Å². The van der Waals surface area contributed by atoms with Crippen LogP contribution in [-0.2, 0) is 0 Å². The molecule has 4 heteroatoms. The van der Waals surface area contributed by atoms with Crippen molar-refractivity contribution in [3.63, 3.8) is 0 Å². The van der Waals surface area contributed by atoms with E-state index < -0.39 is 0 Å². The minimum Gasteiger partial charge on any atom is -0.618 e. The van der Waals surface area contributed by atoms with Crippen molar-refractivity contribution in [2.24, 2.45) is 16.7 Å². The number of amides is 1. The number of nitrogens with zero attached hydrogens (tertiary/aromatic N) is 1. The van der Waals surface area contributed by atoms with Crippen LogP contribution >= 0.6 is 0 Å². The lowest BCUT2D eigenvalue weighted by molar-refractivity contribution is -0.607. The third-order valence-corrected chi connectivity index (χ3v) is 6.16. The molecule has 1 N–H and O–H groups in total. The summed E-state index contributed by atoms with van der Waals surface area (Å²) >= 11 is 0. The number of pyridine rings is 1. The molecular formula is C16H22N2O2. The molecule has 1 amide bonds. The highest BCUT2D eigenvalue weighted by atomic mass is 16.5. The predicted molar refractivity (Wildman–Crippen MR) is 75.9 cm³/mol. The fourth-order valence-electron chi connectivity index (χ4n) is 4.26. The van der Waals surface area contributed by atoms with Gasteiger partial charge in [0.05, 0.1) is 0 Å². The zero-order valence-electron chi connectivity index (χ0n) is 12.3. The molecule has 0 radical (unpaired) electrons. The molecule has 108 valence electrons. The Balaban J connectivity index is 1.81. The second kappa shape index (κ2) is 4.21. The van der Waals surface area contributed by atoms with E-state index in [0.717, 1.165) is 12.8 Å². The largest absolute Gasteiger partial charge is 0.618 e. The Morgan fingerprint density at radius 2 is 2.15 bits per heavy atom. The van der Waals surface area contributed by atoms with Gasteiger partial charge in [-0.15, -0.1) is 0 Å². The molecule has 0 spiro atoms. The summed E-state index contributed by atoms with van der Waals surface area (Å²) in [7, 11) is 0. The number of aromatic nitrogens is 1. The molecule has 2 aliphatic carbocycles. The summed E-state index contributed by atoms with van der Waals surface area (Å²) in [6, 6.07) is 5.09. The summed E-state index contributed by atoms with van der Waals surface area (Å²) in [5, 5.41) is 14.8. The first-order valence-corrected chi connectivity index (χ1v) is 7.35. The SMILES string of the molecule is CC1(C)[C@H]2CC[C@@]1(C)[C@H](NC(=O)c1cccc[n+]1[O-])C2. The normalized spacial score (nSPS) is 34.1. The molecule has 2 saturated carbocycles. The Morgan fingerprint density at radius 3 is 2.70 bits per heavy atom. The van der Waals surface area contributed by atoms with E-state index in [1.54, 1.807) is 18.2 Å². The maximum absolute atomic E-state index is 12.3. The third-order valence-electron chi connectivity index (χ3n) is 6.16. The maximum Gasteiger partial charge on any atom is 0.317 e. The van der Waals surface area contributed by atoms with E-state index in [9.17, 15) is 10.0 Å². The minimum atomic E-state index is -0.254. The summed E-state index contributed by atoms with van der Waals surface area (Å²) in [6.45, 7) is 6.90.